The van der Waals surface area contributed by atoms with Gasteiger partial charge >= 0.3 is 18.1 Å². The van der Waals surface area contributed by atoms with E-state index in [1.807, 2.05) is 0 Å². The summed E-state index contributed by atoms with van der Waals surface area (Å²) in [5.41, 5.74) is -0.516. The summed E-state index contributed by atoms with van der Waals surface area (Å²) in [6, 6.07) is 0. The van der Waals surface area contributed by atoms with Crippen LogP contribution < -0.4 is 0 Å². The van der Waals surface area contributed by atoms with Crippen molar-refractivity contribution < 1.29 is 37.0 Å². The maximum atomic E-state index is 13.8. The summed E-state index contributed by atoms with van der Waals surface area (Å²) >= 11 is 0. The van der Waals surface area contributed by atoms with Crippen molar-refractivity contribution in [2.24, 2.45) is 40.4 Å². The summed E-state index contributed by atoms with van der Waals surface area (Å²) in [7, 11) is 0. The van der Waals surface area contributed by atoms with Crippen molar-refractivity contribution in [2.75, 3.05) is 0 Å². The SMILES string of the molecule is CC(=O)O[C@@H]([C@H]1C[C@@]2(C)[C@H](CC[C@@H]3[C@@H]2CC[C@]2(C)[C@H](OC(C)=O)CC[C@@H]32)CC1=O)C(F)(F)F. The van der Waals surface area contributed by atoms with Gasteiger partial charge in [-0.3, -0.25) is 14.4 Å². The Balaban J connectivity index is 1.61. The number of Topliss-reactive ketones (excluding diaryl/α,β-unsaturated/α-hetero) is 1. The van der Waals surface area contributed by atoms with Crippen molar-refractivity contribution in [3.05, 3.63) is 0 Å². The van der Waals surface area contributed by atoms with Gasteiger partial charge in [0.1, 0.15) is 11.9 Å². The highest BCUT2D eigenvalue weighted by molar-refractivity contribution is 5.83. The summed E-state index contributed by atoms with van der Waals surface area (Å²) in [4.78, 5) is 35.9. The maximum Gasteiger partial charge on any atom is 0.426 e. The second-order valence-electron chi connectivity index (χ2n) is 11.4. The Kier molecular flexibility index (Phi) is 6.14. The summed E-state index contributed by atoms with van der Waals surface area (Å²) < 4.78 is 51.8. The molecule has 0 aromatic carbocycles. The zero-order valence-corrected chi connectivity index (χ0v) is 19.9. The first-order valence-corrected chi connectivity index (χ1v) is 12.2. The van der Waals surface area contributed by atoms with Crippen LogP contribution in [0.3, 0.4) is 0 Å². The lowest BCUT2D eigenvalue weighted by atomic mass is 9.44. The maximum absolute atomic E-state index is 13.8. The van der Waals surface area contributed by atoms with Crippen molar-refractivity contribution in [3.63, 3.8) is 0 Å². The molecule has 8 heteroatoms. The van der Waals surface area contributed by atoms with E-state index in [1.165, 1.54) is 6.92 Å². The molecule has 0 aromatic heterocycles. The fourth-order valence-corrected chi connectivity index (χ4v) is 8.35. The van der Waals surface area contributed by atoms with Crippen LogP contribution in [0.4, 0.5) is 13.2 Å². The van der Waals surface area contributed by atoms with Crippen LogP contribution in [0.2, 0.25) is 0 Å². The van der Waals surface area contributed by atoms with Crippen LogP contribution in [0.15, 0.2) is 0 Å². The van der Waals surface area contributed by atoms with E-state index in [0.29, 0.717) is 11.8 Å². The number of carbonyl (C=O) groups is 3. The van der Waals surface area contributed by atoms with Gasteiger partial charge in [-0.1, -0.05) is 13.8 Å². The average molecular weight is 473 g/mol. The lowest BCUT2D eigenvalue weighted by Crippen LogP contribution is -2.58. The first-order valence-electron chi connectivity index (χ1n) is 12.2. The molecule has 5 nitrogen and oxygen atoms in total. The van der Waals surface area contributed by atoms with E-state index in [9.17, 15) is 27.6 Å². The first-order chi connectivity index (χ1) is 15.3. The fourth-order valence-electron chi connectivity index (χ4n) is 8.35. The Labute approximate surface area is 193 Å². The molecule has 4 saturated carbocycles. The predicted molar refractivity (Wildman–Crippen MR) is 113 cm³/mol. The van der Waals surface area contributed by atoms with Crippen LogP contribution in [0.1, 0.15) is 79.1 Å². The molecule has 0 amide bonds. The number of rotatable bonds is 3. The van der Waals surface area contributed by atoms with Crippen molar-refractivity contribution in [1.29, 1.82) is 0 Å². The molecule has 0 bridgehead atoms. The highest BCUT2D eigenvalue weighted by atomic mass is 19.4. The van der Waals surface area contributed by atoms with E-state index in [2.05, 4.69) is 18.6 Å². The molecule has 4 rings (SSSR count). The summed E-state index contributed by atoms with van der Waals surface area (Å²) in [6.45, 7) is 6.66. The van der Waals surface area contributed by atoms with E-state index < -0.39 is 35.4 Å². The van der Waals surface area contributed by atoms with Crippen LogP contribution >= 0.6 is 0 Å². The van der Waals surface area contributed by atoms with E-state index in [0.717, 1.165) is 45.4 Å². The van der Waals surface area contributed by atoms with E-state index in [1.54, 1.807) is 0 Å². The Hall–Kier alpha value is -1.60. The van der Waals surface area contributed by atoms with Gasteiger partial charge in [-0.25, -0.2) is 0 Å². The van der Waals surface area contributed by atoms with Gasteiger partial charge in [0.25, 0.3) is 0 Å². The number of hydrogen-bond donors (Lipinski definition) is 0. The molecular formula is C25H35F3O5. The molecule has 0 heterocycles. The molecule has 0 aliphatic heterocycles. The molecular weight excluding hydrogens is 437 g/mol. The van der Waals surface area contributed by atoms with E-state index in [-0.39, 0.29) is 42.2 Å². The molecule has 0 spiro atoms. The predicted octanol–water partition coefficient (Wildman–Crippen LogP) is 5.25. The van der Waals surface area contributed by atoms with Gasteiger partial charge in [0.2, 0.25) is 6.10 Å². The molecule has 4 fully saturated rings. The quantitative estimate of drug-likeness (QED) is 0.525. The third kappa shape index (κ3) is 4.09. The number of alkyl halides is 3. The highest BCUT2D eigenvalue weighted by Gasteiger charge is 2.64. The molecule has 0 N–H and O–H groups in total. The zero-order valence-electron chi connectivity index (χ0n) is 19.9. The molecule has 186 valence electrons. The van der Waals surface area contributed by atoms with Gasteiger partial charge in [0.05, 0.1) is 5.92 Å². The molecule has 9 atom stereocenters. The number of fused-ring (bicyclic) bond motifs is 5. The number of ether oxygens (including phenoxy) is 2. The van der Waals surface area contributed by atoms with Crippen LogP contribution in [0.5, 0.6) is 0 Å². The number of hydrogen-bond acceptors (Lipinski definition) is 5. The van der Waals surface area contributed by atoms with Crippen molar-refractivity contribution in [1.82, 2.24) is 0 Å². The summed E-state index contributed by atoms with van der Waals surface area (Å²) in [5, 5.41) is 0. The van der Waals surface area contributed by atoms with Crippen molar-refractivity contribution in [2.45, 2.75) is 97.4 Å². The highest BCUT2D eigenvalue weighted by Crippen LogP contribution is 2.67. The minimum Gasteiger partial charge on any atom is -0.462 e. The standard InChI is InChI=1S/C25H35F3O5/c1-13(29)32-21-8-7-18-16-6-5-15-11-20(31)17(22(25(26,27)28)33-14(2)30)12-24(15,4)19(16)9-10-23(18,21)3/h15-19,21-22H,5-12H2,1-4H3/t15-,16+,17+,18+,19+,21-,22+,23+,24+/m1/s1. The number of ketones is 1. The monoisotopic (exact) mass is 472 g/mol. The van der Waals surface area contributed by atoms with Gasteiger partial charge in [0.15, 0.2) is 0 Å². The van der Waals surface area contributed by atoms with Gasteiger partial charge in [0, 0.05) is 25.7 Å². The molecule has 4 aliphatic rings. The molecule has 0 radical (unpaired) electrons. The second-order valence-corrected chi connectivity index (χ2v) is 11.4. The molecule has 0 unspecified atom stereocenters. The van der Waals surface area contributed by atoms with E-state index in [4.69, 9.17) is 4.74 Å². The smallest absolute Gasteiger partial charge is 0.426 e. The van der Waals surface area contributed by atoms with Crippen LogP contribution in [-0.4, -0.2) is 36.1 Å². The Morgan fingerprint density at radius 1 is 0.970 bits per heavy atom. The Bertz CT molecular complexity index is 825. The third-order valence-corrected chi connectivity index (χ3v) is 9.79. The minimum atomic E-state index is -4.78. The lowest BCUT2D eigenvalue weighted by molar-refractivity contribution is -0.240. The van der Waals surface area contributed by atoms with Crippen molar-refractivity contribution in [3.8, 4) is 0 Å². The van der Waals surface area contributed by atoms with Gasteiger partial charge in [-0.05, 0) is 74.0 Å². The summed E-state index contributed by atoms with van der Waals surface area (Å²) in [6.07, 6.45) is -1.75. The third-order valence-electron chi connectivity index (χ3n) is 9.79. The minimum absolute atomic E-state index is 0.0590. The molecule has 33 heavy (non-hydrogen) atoms. The van der Waals surface area contributed by atoms with Crippen molar-refractivity contribution >= 4 is 17.7 Å². The average Bonchev–Trinajstić information content (AvgIpc) is 3.01. The number of esters is 2. The largest absolute Gasteiger partial charge is 0.462 e. The Morgan fingerprint density at radius 3 is 2.24 bits per heavy atom. The Morgan fingerprint density at radius 2 is 1.64 bits per heavy atom. The van der Waals surface area contributed by atoms with Crippen LogP contribution in [0, 0.1) is 40.4 Å². The number of halogens is 3. The molecule has 4 aliphatic carbocycles. The summed E-state index contributed by atoms with van der Waals surface area (Å²) in [5.74, 6) is -2.09. The van der Waals surface area contributed by atoms with Gasteiger partial charge in [-0.2, -0.15) is 13.2 Å². The number of carbonyl (C=O) groups excluding carboxylic acids is 3. The normalized spacial score (nSPS) is 43.7. The van der Waals surface area contributed by atoms with E-state index >= 15 is 0 Å². The lowest BCUT2D eigenvalue weighted by Gasteiger charge is -2.61. The first kappa shape index (κ1) is 24.5. The molecule has 0 aromatic rings. The second kappa shape index (κ2) is 8.26. The van der Waals surface area contributed by atoms with Gasteiger partial charge < -0.3 is 9.47 Å². The fraction of sp³-hybridized carbons (Fsp3) is 0.880. The topological polar surface area (TPSA) is 69.7 Å². The van der Waals surface area contributed by atoms with Crippen LogP contribution in [0.25, 0.3) is 0 Å². The van der Waals surface area contributed by atoms with Gasteiger partial charge in [-0.15, -0.1) is 0 Å². The zero-order chi connectivity index (χ0) is 24.3. The van der Waals surface area contributed by atoms with Crippen LogP contribution in [-0.2, 0) is 23.9 Å². The molecule has 0 saturated heterocycles.